The van der Waals surface area contributed by atoms with E-state index in [2.05, 4.69) is 26.0 Å². The lowest BCUT2D eigenvalue weighted by molar-refractivity contribution is -0.151. The highest BCUT2D eigenvalue weighted by Crippen LogP contribution is 2.65. The zero-order chi connectivity index (χ0) is 21.9. The Bertz CT molecular complexity index is 683. The van der Waals surface area contributed by atoms with Crippen LogP contribution < -0.4 is 0 Å². The molecule has 0 N–H and O–H groups in total. The summed E-state index contributed by atoms with van der Waals surface area (Å²) in [6, 6.07) is -0.371. The highest BCUT2D eigenvalue weighted by Gasteiger charge is 2.69. The van der Waals surface area contributed by atoms with Gasteiger partial charge in [-0.15, -0.1) is 0 Å². The molecule has 2 heterocycles. The largest absolute Gasteiger partial charge is 0.466 e. The van der Waals surface area contributed by atoms with Crippen molar-refractivity contribution < 1.29 is 19.1 Å². The summed E-state index contributed by atoms with van der Waals surface area (Å²) in [5.74, 6) is 0.0595. The smallest absolute Gasteiger partial charge is 0.309 e. The van der Waals surface area contributed by atoms with Crippen molar-refractivity contribution in [3.63, 3.8) is 0 Å². The fourth-order valence-electron chi connectivity index (χ4n) is 5.65. The SMILES string of the molecule is CCOC(=O)[C@@H]1CCCC/C=C/CCC[C@H](C)C(=O)N2C[C@H]3[C@@H]([C@H]2C(=O)C1)C3(C)C. The minimum Gasteiger partial charge on any atom is -0.466 e. The first-order valence-corrected chi connectivity index (χ1v) is 11.9. The van der Waals surface area contributed by atoms with Crippen molar-refractivity contribution >= 4 is 17.7 Å². The number of ether oxygens (including phenoxy) is 1. The Balaban J connectivity index is 1.81. The van der Waals surface area contributed by atoms with Gasteiger partial charge in [-0.1, -0.05) is 39.3 Å². The van der Waals surface area contributed by atoms with Crippen molar-refractivity contribution in [3.8, 4) is 0 Å². The van der Waals surface area contributed by atoms with Crippen LogP contribution in [0.3, 0.4) is 0 Å². The van der Waals surface area contributed by atoms with Gasteiger partial charge in [-0.25, -0.2) is 0 Å². The molecule has 0 aromatic heterocycles. The monoisotopic (exact) mass is 417 g/mol. The second kappa shape index (κ2) is 9.65. The van der Waals surface area contributed by atoms with Crippen LogP contribution in [0.1, 0.15) is 79.1 Å². The summed E-state index contributed by atoms with van der Waals surface area (Å²) in [7, 11) is 0. The summed E-state index contributed by atoms with van der Waals surface area (Å²) in [5, 5.41) is 0. The number of fused-ring (bicyclic) bond motifs is 3. The normalized spacial score (nSPS) is 36.0. The number of carbonyl (C=O) groups excluding carboxylic acids is 3. The quantitative estimate of drug-likeness (QED) is 0.489. The first-order chi connectivity index (χ1) is 14.3. The summed E-state index contributed by atoms with van der Waals surface area (Å²) in [6.45, 7) is 9.21. The van der Waals surface area contributed by atoms with Gasteiger partial charge in [0.2, 0.25) is 5.91 Å². The van der Waals surface area contributed by atoms with Crippen molar-refractivity contribution in [1.29, 1.82) is 0 Å². The van der Waals surface area contributed by atoms with Gasteiger partial charge in [0, 0.05) is 18.9 Å². The van der Waals surface area contributed by atoms with Gasteiger partial charge in [-0.3, -0.25) is 14.4 Å². The van der Waals surface area contributed by atoms with Crippen molar-refractivity contribution in [2.24, 2.45) is 29.1 Å². The maximum absolute atomic E-state index is 13.5. The van der Waals surface area contributed by atoms with Gasteiger partial charge in [0.15, 0.2) is 5.78 Å². The number of hydrogen-bond acceptors (Lipinski definition) is 4. The van der Waals surface area contributed by atoms with E-state index in [1.807, 2.05) is 11.8 Å². The molecule has 1 aliphatic carbocycles. The van der Waals surface area contributed by atoms with Crippen LogP contribution in [0.2, 0.25) is 0 Å². The Morgan fingerprint density at radius 2 is 1.83 bits per heavy atom. The molecule has 0 aromatic rings. The van der Waals surface area contributed by atoms with E-state index in [1.54, 1.807) is 6.92 Å². The Morgan fingerprint density at radius 3 is 2.53 bits per heavy atom. The number of piperidine rings is 1. The summed E-state index contributed by atoms with van der Waals surface area (Å²) in [4.78, 5) is 41.1. The molecule has 1 saturated heterocycles. The Kier molecular flexibility index (Phi) is 7.41. The van der Waals surface area contributed by atoms with Gasteiger partial charge in [0.1, 0.15) is 0 Å². The van der Waals surface area contributed by atoms with Crippen LogP contribution in [-0.2, 0) is 19.1 Å². The molecule has 3 aliphatic rings. The lowest BCUT2D eigenvalue weighted by atomic mass is 9.89. The molecule has 0 unspecified atom stereocenters. The Hall–Kier alpha value is -1.65. The second-order valence-electron chi connectivity index (χ2n) is 10.1. The lowest BCUT2D eigenvalue weighted by Gasteiger charge is -2.32. The molecule has 0 spiro atoms. The third kappa shape index (κ3) is 4.81. The molecule has 5 atom stereocenters. The minimum absolute atomic E-state index is 0.0543. The van der Waals surface area contributed by atoms with Gasteiger partial charge in [0.05, 0.1) is 18.6 Å². The van der Waals surface area contributed by atoms with Gasteiger partial charge >= 0.3 is 5.97 Å². The van der Waals surface area contributed by atoms with E-state index in [0.29, 0.717) is 25.5 Å². The van der Waals surface area contributed by atoms with Gasteiger partial charge in [-0.05, 0) is 62.7 Å². The number of carbonyl (C=O) groups is 3. The maximum Gasteiger partial charge on any atom is 0.309 e. The van der Waals surface area contributed by atoms with Crippen molar-refractivity contribution in [1.82, 2.24) is 4.90 Å². The molecule has 30 heavy (non-hydrogen) atoms. The Labute approximate surface area is 181 Å². The fourth-order valence-corrected chi connectivity index (χ4v) is 5.65. The molecule has 2 fully saturated rings. The summed E-state index contributed by atoms with van der Waals surface area (Å²) >= 11 is 0. The number of hydrogen-bond donors (Lipinski definition) is 0. The topological polar surface area (TPSA) is 63.7 Å². The molecular formula is C25H39NO4. The molecule has 1 amide bonds. The highest BCUT2D eigenvalue weighted by atomic mass is 16.5. The summed E-state index contributed by atoms with van der Waals surface area (Å²) < 4.78 is 5.28. The second-order valence-corrected chi connectivity index (χ2v) is 10.1. The summed E-state index contributed by atoms with van der Waals surface area (Å²) in [6.07, 6.45) is 11.0. The van der Waals surface area contributed by atoms with E-state index in [0.717, 1.165) is 38.5 Å². The molecular weight excluding hydrogens is 378 g/mol. The highest BCUT2D eigenvalue weighted by molar-refractivity contribution is 5.93. The number of Topliss-reactive ketones (excluding diaryl/α,β-unsaturated/α-hetero) is 1. The average molecular weight is 418 g/mol. The average Bonchev–Trinajstić information content (AvgIpc) is 3.04. The van der Waals surface area contributed by atoms with Crippen LogP contribution in [0, 0.1) is 29.1 Å². The van der Waals surface area contributed by atoms with Gasteiger partial charge in [-0.2, -0.15) is 0 Å². The van der Waals surface area contributed by atoms with Gasteiger partial charge < -0.3 is 9.64 Å². The van der Waals surface area contributed by atoms with E-state index < -0.39 is 5.92 Å². The molecule has 0 bridgehead atoms. The first kappa shape index (κ1) is 23.0. The number of allylic oxidation sites excluding steroid dienone is 2. The molecule has 1 saturated carbocycles. The minimum atomic E-state index is -0.398. The van der Waals surface area contributed by atoms with Crippen molar-refractivity contribution in [2.45, 2.75) is 85.1 Å². The standard InChI is InChI=1S/C25H39NO4/c1-5-30-24(29)18-14-12-10-8-6-7-9-11-13-17(2)23(28)26-16-19-21(25(19,3)4)22(26)20(27)15-18/h6-7,17-19,21-22H,5,8-16H2,1-4H3/b7-6+/t17-,18+,19-,21-,22+/m0/s1. The van der Waals surface area contributed by atoms with Crippen LogP contribution >= 0.6 is 0 Å². The number of ketones is 1. The first-order valence-electron chi connectivity index (χ1n) is 11.9. The fraction of sp³-hybridized carbons (Fsp3) is 0.800. The van der Waals surface area contributed by atoms with Crippen molar-refractivity contribution in [2.75, 3.05) is 13.2 Å². The maximum atomic E-state index is 13.5. The van der Waals surface area contributed by atoms with Crippen LogP contribution in [-0.4, -0.2) is 41.8 Å². The van der Waals surface area contributed by atoms with E-state index in [9.17, 15) is 14.4 Å². The molecule has 5 nitrogen and oxygen atoms in total. The summed E-state index contributed by atoms with van der Waals surface area (Å²) in [5.41, 5.74) is 0.103. The predicted octanol–water partition coefficient (Wildman–Crippen LogP) is 4.54. The molecule has 5 heteroatoms. The van der Waals surface area contributed by atoms with Gasteiger partial charge in [0.25, 0.3) is 0 Å². The number of amides is 1. The number of esters is 1. The zero-order valence-corrected chi connectivity index (χ0v) is 19.2. The van der Waals surface area contributed by atoms with Crippen LogP contribution in [0.25, 0.3) is 0 Å². The number of nitrogens with zero attached hydrogens (tertiary/aromatic N) is 1. The van der Waals surface area contributed by atoms with E-state index in [4.69, 9.17) is 4.74 Å². The molecule has 0 aromatic carbocycles. The molecule has 0 radical (unpaired) electrons. The third-order valence-electron chi connectivity index (χ3n) is 7.66. The van der Waals surface area contributed by atoms with Crippen molar-refractivity contribution in [3.05, 3.63) is 12.2 Å². The molecule has 168 valence electrons. The number of rotatable bonds is 2. The van der Waals surface area contributed by atoms with E-state index >= 15 is 0 Å². The third-order valence-corrected chi connectivity index (χ3v) is 7.66. The van der Waals surface area contributed by atoms with Crippen LogP contribution in [0.5, 0.6) is 0 Å². The van der Waals surface area contributed by atoms with Crippen LogP contribution in [0.4, 0.5) is 0 Å². The van der Waals surface area contributed by atoms with E-state index in [1.165, 1.54) is 0 Å². The Morgan fingerprint density at radius 1 is 1.13 bits per heavy atom. The van der Waals surface area contributed by atoms with E-state index in [-0.39, 0.29) is 47.4 Å². The molecule has 3 rings (SSSR count). The van der Waals surface area contributed by atoms with Crippen LogP contribution in [0.15, 0.2) is 12.2 Å². The lowest BCUT2D eigenvalue weighted by Crippen LogP contribution is -2.48. The zero-order valence-electron chi connectivity index (χ0n) is 19.2. The predicted molar refractivity (Wildman–Crippen MR) is 117 cm³/mol. The molecule has 2 aliphatic heterocycles.